The van der Waals surface area contributed by atoms with Crippen LogP contribution in [0.1, 0.15) is 20.8 Å². The molecule has 1 saturated heterocycles. The van der Waals surface area contributed by atoms with Crippen LogP contribution < -0.4 is 4.31 Å². The van der Waals surface area contributed by atoms with Crippen molar-refractivity contribution in [2.45, 2.75) is 26.4 Å². The minimum Gasteiger partial charge on any atom is -0.443 e. The second-order valence-corrected chi connectivity index (χ2v) is 8.80. The smallest absolute Gasteiger partial charge is 0.425 e. The van der Waals surface area contributed by atoms with E-state index in [0.717, 1.165) is 8.61 Å². The van der Waals surface area contributed by atoms with Gasteiger partial charge in [-0.2, -0.15) is 12.7 Å². The molecule has 1 aromatic carbocycles. The molecule has 0 saturated carbocycles. The average molecular weight is 412 g/mol. The van der Waals surface area contributed by atoms with E-state index in [-0.39, 0.29) is 13.1 Å². The number of carbonyl (C=O) groups is 1. The van der Waals surface area contributed by atoms with Crippen molar-refractivity contribution in [3.05, 3.63) is 27.7 Å². The molecular weight excluding hydrogens is 396 g/mol. The first-order valence-corrected chi connectivity index (χ1v) is 9.07. The summed E-state index contributed by atoms with van der Waals surface area (Å²) in [7, 11) is -3.97. The molecule has 2 rings (SSSR count). The maximum Gasteiger partial charge on any atom is 0.425 e. The van der Waals surface area contributed by atoms with E-state index in [1.165, 1.54) is 0 Å². The third kappa shape index (κ3) is 3.49. The van der Waals surface area contributed by atoms with E-state index in [9.17, 15) is 13.2 Å². The van der Waals surface area contributed by atoms with E-state index >= 15 is 0 Å². The number of nitrogens with zero attached hydrogens (tertiary/aromatic N) is 2. The van der Waals surface area contributed by atoms with Crippen LogP contribution in [0.15, 0.2) is 22.7 Å². The lowest BCUT2D eigenvalue weighted by molar-refractivity contribution is 0.0405. The Morgan fingerprint density at radius 3 is 2.50 bits per heavy atom. The summed E-state index contributed by atoms with van der Waals surface area (Å²) in [5.41, 5.74) is -0.337. The summed E-state index contributed by atoms with van der Waals surface area (Å²) in [4.78, 5) is 12.1. The molecule has 0 N–H and O–H groups in total. The Balaban J connectivity index is 2.30. The second-order valence-electron chi connectivity index (χ2n) is 5.73. The van der Waals surface area contributed by atoms with Gasteiger partial charge >= 0.3 is 16.3 Å². The number of rotatable bonds is 1. The monoisotopic (exact) mass is 410 g/mol. The minimum atomic E-state index is -3.97. The quantitative estimate of drug-likeness (QED) is 0.710. The molecule has 1 aliphatic rings. The molecule has 1 amide bonds. The molecule has 122 valence electrons. The largest absolute Gasteiger partial charge is 0.443 e. The maximum atomic E-state index is 12.6. The van der Waals surface area contributed by atoms with E-state index in [1.54, 1.807) is 39.0 Å². The van der Waals surface area contributed by atoms with Crippen LogP contribution in [0.25, 0.3) is 0 Å². The average Bonchev–Trinajstić information content (AvgIpc) is 2.62. The lowest BCUT2D eigenvalue weighted by Gasteiger charge is -2.24. The van der Waals surface area contributed by atoms with Gasteiger partial charge in [0.25, 0.3) is 0 Å². The molecule has 0 aromatic heterocycles. The number of ether oxygens (including phenoxy) is 1. The molecule has 0 aliphatic carbocycles. The summed E-state index contributed by atoms with van der Waals surface area (Å²) in [5.74, 6) is 0. The first kappa shape index (κ1) is 17.4. The van der Waals surface area contributed by atoms with Gasteiger partial charge in [0.2, 0.25) is 0 Å². The summed E-state index contributed by atoms with van der Waals surface area (Å²) in [6, 6.07) is 4.78. The number of anilines is 1. The normalized spacial score (nSPS) is 17.7. The molecular formula is C13H16BrClN2O4S. The fraction of sp³-hybridized carbons (Fsp3) is 0.462. The van der Waals surface area contributed by atoms with E-state index in [1.807, 2.05) is 0 Å². The molecule has 9 heteroatoms. The molecule has 0 atom stereocenters. The fourth-order valence-electron chi connectivity index (χ4n) is 1.96. The highest BCUT2D eigenvalue weighted by Crippen LogP contribution is 2.34. The van der Waals surface area contributed by atoms with Crippen LogP contribution in [0.5, 0.6) is 0 Å². The predicted octanol–water partition coefficient (Wildman–Crippen LogP) is 3.40. The van der Waals surface area contributed by atoms with Gasteiger partial charge in [0.05, 0.1) is 18.8 Å². The number of hydrogen-bond donors (Lipinski definition) is 0. The van der Waals surface area contributed by atoms with Crippen molar-refractivity contribution in [1.82, 2.24) is 4.31 Å². The van der Waals surface area contributed by atoms with Gasteiger partial charge in [-0.15, -0.1) is 0 Å². The van der Waals surface area contributed by atoms with E-state index in [0.29, 0.717) is 15.2 Å². The molecule has 0 radical (unpaired) electrons. The summed E-state index contributed by atoms with van der Waals surface area (Å²) in [6.45, 7) is 5.23. The van der Waals surface area contributed by atoms with Crippen molar-refractivity contribution in [2.24, 2.45) is 0 Å². The van der Waals surface area contributed by atoms with Crippen molar-refractivity contribution < 1.29 is 17.9 Å². The maximum absolute atomic E-state index is 12.6. The van der Waals surface area contributed by atoms with Crippen LogP contribution in [0.4, 0.5) is 10.5 Å². The highest BCUT2D eigenvalue weighted by Gasteiger charge is 2.42. The molecule has 6 nitrogen and oxygen atoms in total. The standard InChI is InChI=1S/C13H16BrClN2O4S/c1-13(2,3)21-12(18)17-7-6-16(22(17,19)20)11-5-4-9(15)8-10(11)14/h4-5,8H,6-7H2,1-3H3. The van der Waals surface area contributed by atoms with E-state index in [2.05, 4.69) is 15.9 Å². The molecule has 0 unspecified atom stereocenters. The second kappa shape index (κ2) is 5.90. The molecule has 1 fully saturated rings. The number of amides is 1. The van der Waals surface area contributed by atoms with Crippen molar-refractivity contribution in [1.29, 1.82) is 0 Å². The van der Waals surface area contributed by atoms with Crippen LogP contribution in [0.2, 0.25) is 5.02 Å². The van der Waals surface area contributed by atoms with Crippen molar-refractivity contribution in [2.75, 3.05) is 17.4 Å². The SMILES string of the molecule is CC(C)(C)OC(=O)N1CCN(c2ccc(Cl)cc2Br)S1(=O)=O. The molecule has 1 aliphatic heterocycles. The van der Waals surface area contributed by atoms with Gasteiger partial charge in [-0.3, -0.25) is 4.31 Å². The van der Waals surface area contributed by atoms with E-state index < -0.39 is 21.9 Å². The van der Waals surface area contributed by atoms with Gasteiger partial charge in [0, 0.05) is 9.50 Å². The topological polar surface area (TPSA) is 66.9 Å². The zero-order chi connectivity index (χ0) is 16.7. The molecule has 0 spiro atoms. The van der Waals surface area contributed by atoms with Crippen LogP contribution in [0.3, 0.4) is 0 Å². The van der Waals surface area contributed by atoms with Gasteiger partial charge in [0.15, 0.2) is 0 Å². The van der Waals surface area contributed by atoms with E-state index in [4.69, 9.17) is 16.3 Å². The van der Waals surface area contributed by atoms with Gasteiger partial charge in [0.1, 0.15) is 5.60 Å². The van der Waals surface area contributed by atoms with Crippen LogP contribution in [0, 0.1) is 0 Å². The van der Waals surface area contributed by atoms with Gasteiger partial charge in [-0.05, 0) is 54.9 Å². The third-order valence-electron chi connectivity index (χ3n) is 2.84. The van der Waals surface area contributed by atoms with Gasteiger partial charge in [-0.25, -0.2) is 4.79 Å². The first-order chi connectivity index (χ1) is 10.0. The lowest BCUT2D eigenvalue weighted by Crippen LogP contribution is -2.40. The highest BCUT2D eigenvalue weighted by atomic mass is 79.9. The van der Waals surface area contributed by atoms with Gasteiger partial charge in [-0.1, -0.05) is 11.6 Å². The Hall–Kier alpha value is -0.990. The molecule has 1 aromatic rings. The van der Waals surface area contributed by atoms with Crippen molar-refractivity contribution >= 4 is 49.5 Å². The fourth-order valence-corrected chi connectivity index (χ4v) is 4.47. The Labute approximate surface area is 143 Å². The van der Waals surface area contributed by atoms with Crippen LogP contribution in [-0.4, -0.2) is 37.5 Å². The minimum absolute atomic E-state index is 0.0340. The summed E-state index contributed by atoms with van der Waals surface area (Å²) >= 11 is 9.15. The zero-order valence-corrected chi connectivity index (χ0v) is 15.5. The van der Waals surface area contributed by atoms with Crippen molar-refractivity contribution in [3.8, 4) is 0 Å². The zero-order valence-electron chi connectivity index (χ0n) is 12.3. The summed E-state index contributed by atoms with van der Waals surface area (Å²) < 4.78 is 32.7. The Bertz CT molecular complexity index is 702. The molecule has 0 bridgehead atoms. The molecule has 22 heavy (non-hydrogen) atoms. The third-order valence-corrected chi connectivity index (χ3v) is 5.53. The van der Waals surface area contributed by atoms with Crippen LogP contribution >= 0.6 is 27.5 Å². The van der Waals surface area contributed by atoms with Crippen LogP contribution in [-0.2, 0) is 14.9 Å². The number of halogens is 2. The Morgan fingerprint density at radius 2 is 1.95 bits per heavy atom. The number of carbonyl (C=O) groups excluding carboxylic acids is 1. The first-order valence-electron chi connectivity index (χ1n) is 6.51. The number of benzene rings is 1. The molecule has 1 heterocycles. The predicted molar refractivity (Wildman–Crippen MR) is 88.4 cm³/mol. The Kier molecular flexibility index (Phi) is 4.66. The Morgan fingerprint density at radius 1 is 1.32 bits per heavy atom. The van der Waals surface area contributed by atoms with Crippen molar-refractivity contribution in [3.63, 3.8) is 0 Å². The summed E-state index contributed by atoms with van der Waals surface area (Å²) in [5, 5.41) is 0.483. The number of hydrogen-bond acceptors (Lipinski definition) is 4. The highest BCUT2D eigenvalue weighted by molar-refractivity contribution is 9.10. The van der Waals surface area contributed by atoms with Gasteiger partial charge < -0.3 is 4.74 Å². The lowest BCUT2D eigenvalue weighted by atomic mass is 10.2. The summed E-state index contributed by atoms with van der Waals surface area (Å²) in [6.07, 6.45) is -0.875.